The van der Waals surface area contributed by atoms with Crippen molar-refractivity contribution in [3.8, 4) is 0 Å². The molecule has 2 aromatic rings. The number of nitrogens with one attached hydrogen (secondary N) is 2. The molecule has 27 heavy (non-hydrogen) atoms. The van der Waals surface area contributed by atoms with E-state index in [0.29, 0.717) is 16.9 Å². The third-order valence-corrected chi connectivity index (χ3v) is 3.33. The number of rotatable bonds is 5. The Bertz CT molecular complexity index is 824. The second-order valence-corrected chi connectivity index (χ2v) is 6.85. The summed E-state index contributed by atoms with van der Waals surface area (Å²) in [6.45, 7) is 5.32. The van der Waals surface area contributed by atoms with Gasteiger partial charge in [0.15, 0.2) is 0 Å². The van der Waals surface area contributed by atoms with Crippen LogP contribution in [-0.4, -0.2) is 22.5 Å². The summed E-state index contributed by atoms with van der Waals surface area (Å²) in [7, 11) is 0. The number of nitro groups is 1. The molecule has 0 aliphatic rings. The van der Waals surface area contributed by atoms with Crippen molar-refractivity contribution < 1.29 is 19.2 Å². The van der Waals surface area contributed by atoms with E-state index in [4.69, 9.17) is 4.74 Å². The van der Waals surface area contributed by atoms with E-state index < -0.39 is 16.6 Å². The summed E-state index contributed by atoms with van der Waals surface area (Å²) < 4.78 is 5.16. The second-order valence-electron chi connectivity index (χ2n) is 6.85. The molecule has 0 radical (unpaired) electrons. The molecule has 2 rings (SSSR count). The highest BCUT2D eigenvalue weighted by molar-refractivity contribution is 5.93. The fourth-order valence-electron chi connectivity index (χ4n) is 2.18. The first-order valence-electron chi connectivity index (χ1n) is 8.26. The van der Waals surface area contributed by atoms with Crippen molar-refractivity contribution in [3.63, 3.8) is 0 Å². The minimum Gasteiger partial charge on any atom is -0.444 e. The van der Waals surface area contributed by atoms with E-state index in [1.165, 1.54) is 12.1 Å². The zero-order valence-corrected chi connectivity index (χ0v) is 15.3. The molecule has 0 unspecified atom stereocenters. The van der Waals surface area contributed by atoms with Crippen LogP contribution in [-0.2, 0) is 16.0 Å². The summed E-state index contributed by atoms with van der Waals surface area (Å²) in [5, 5.41) is 16.0. The number of carbonyl (C=O) groups excluding carboxylic acids is 2. The Morgan fingerprint density at radius 3 is 1.96 bits per heavy atom. The van der Waals surface area contributed by atoms with E-state index in [-0.39, 0.29) is 18.0 Å². The van der Waals surface area contributed by atoms with Crippen molar-refractivity contribution in [2.75, 3.05) is 10.6 Å². The number of ether oxygens (including phenoxy) is 1. The number of carbonyl (C=O) groups is 2. The van der Waals surface area contributed by atoms with Crippen molar-refractivity contribution in [2.24, 2.45) is 0 Å². The third-order valence-electron chi connectivity index (χ3n) is 3.33. The van der Waals surface area contributed by atoms with Gasteiger partial charge in [-0.3, -0.25) is 20.2 Å². The second kappa shape index (κ2) is 8.31. The van der Waals surface area contributed by atoms with Crippen LogP contribution >= 0.6 is 0 Å². The Hall–Kier alpha value is -3.42. The Morgan fingerprint density at radius 1 is 0.963 bits per heavy atom. The van der Waals surface area contributed by atoms with Crippen LogP contribution in [0.5, 0.6) is 0 Å². The highest BCUT2D eigenvalue weighted by Gasteiger charge is 2.16. The number of nitro benzene ring substituents is 1. The number of non-ortho nitro benzene ring substituents is 1. The van der Waals surface area contributed by atoms with Crippen LogP contribution in [0.4, 0.5) is 21.9 Å². The molecule has 8 nitrogen and oxygen atoms in total. The summed E-state index contributed by atoms with van der Waals surface area (Å²) in [6.07, 6.45) is -0.465. The molecule has 0 saturated carbocycles. The van der Waals surface area contributed by atoms with E-state index in [0.717, 1.165) is 0 Å². The molecular weight excluding hydrogens is 350 g/mol. The van der Waals surface area contributed by atoms with Crippen LogP contribution in [0.3, 0.4) is 0 Å². The number of benzene rings is 2. The van der Waals surface area contributed by atoms with Crippen LogP contribution in [0.15, 0.2) is 48.5 Å². The van der Waals surface area contributed by atoms with Crippen molar-refractivity contribution in [1.82, 2.24) is 0 Å². The maximum atomic E-state index is 12.1. The summed E-state index contributed by atoms with van der Waals surface area (Å²) in [4.78, 5) is 33.9. The molecule has 0 saturated heterocycles. The average Bonchev–Trinajstić information content (AvgIpc) is 2.55. The molecule has 2 amide bonds. The van der Waals surface area contributed by atoms with Gasteiger partial charge in [0.05, 0.1) is 11.3 Å². The van der Waals surface area contributed by atoms with Crippen LogP contribution in [0.1, 0.15) is 26.3 Å². The van der Waals surface area contributed by atoms with Crippen molar-refractivity contribution in [2.45, 2.75) is 32.8 Å². The van der Waals surface area contributed by atoms with Crippen LogP contribution in [0, 0.1) is 10.1 Å². The van der Waals surface area contributed by atoms with E-state index in [9.17, 15) is 19.7 Å². The maximum Gasteiger partial charge on any atom is 0.412 e. The first kappa shape index (κ1) is 19.9. The monoisotopic (exact) mass is 371 g/mol. The minimum atomic E-state index is -0.587. The van der Waals surface area contributed by atoms with E-state index in [2.05, 4.69) is 10.6 Å². The largest absolute Gasteiger partial charge is 0.444 e. The number of anilines is 2. The molecule has 0 heterocycles. The Kier molecular flexibility index (Phi) is 6.12. The lowest BCUT2D eigenvalue weighted by Gasteiger charge is -2.19. The van der Waals surface area contributed by atoms with Crippen molar-refractivity contribution >= 4 is 29.1 Å². The fourth-order valence-corrected chi connectivity index (χ4v) is 2.18. The summed E-state index contributed by atoms with van der Waals surface area (Å²) >= 11 is 0. The van der Waals surface area contributed by atoms with Gasteiger partial charge in [-0.05, 0) is 50.6 Å². The van der Waals surface area contributed by atoms with Gasteiger partial charge in [-0.1, -0.05) is 12.1 Å². The number of nitrogens with zero attached hydrogens (tertiary/aromatic N) is 1. The zero-order valence-electron chi connectivity index (χ0n) is 15.3. The predicted molar refractivity (Wildman–Crippen MR) is 102 cm³/mol. The van der Waals surface area contributed by atoms with Gasteiger partial charge in [-0.15, -0.1) is 0 Å². The van der Waals surface area contributed by atoms with Crippen LogP contribution < -0.4 is 10.6 Å². The van der Waals surface area contributed by atoms with Crippen molar-refractivity contribution in [3.05, 3.63) is 64.2 Å². The standard InChI is InChI=1S/C19H21N3O5/c1-19(2,3)27-18(24)21-15-8-6-14(7-9-15)20-17(23)12-13-4-10-16(11-5-13)22(25)26/h4-11H,12H2,1-3H3,(H,20,23)(H,21,24). The lowest BCUT2D eigenvalue weighted by atomic mass is 10.1. The van der Waals surface area contributed by atoms with Gasteiger partial charge in [-0.2, -0.15) is 0 Å². The predicted octanol–water partition coefficient (Wildman–Crippen LogP) is 4.12. The molecule has 8 heteroatoms. The lowest BCUT2D eigenvalue weighted by molar-refractivity contribution is -0.384. The average molecular weight is 371 g/mol. The first-order valence-corrected chi connectivity index (χ1v) is 8.26. The minimum absolute atomic E-state index is 0.0211. The molecule has 0 aromatic heterocycles. The number of hydrogen-bond donors (Lipinski definition) is 2. The quantitative estimate of drug-likeness (QED) is 0.607. The van der Waals surface area contributed by atoms with Crippen molar-refractivity contribution in [1.29, 1.82) is 0 Å². The Morgan fingerprint density at radius 2 is 1.48 bits per heavy atom. The fraction of sp³-hybridized carbons (Fsp3) is 0.263. The molecule has 2 aromatic carbocycles. The van der Waals surface area contributed by atoms with Gasteiger partial charge in [0.1, 0.15) is 5.60 Å². The van der Waals surface area contributed by atoms with Gasteiger partial charge in [0.25, 0.3) is 5.69 Å². The lowest BCUT2D eigenvalue weighted by Crippen LogP contribution is -2.27. The normalized spacial score (nSPS) is 10.8. The van der Waals surface area contributed by atoms with E-state index >= 15 is 0 Å². The number of amides is 2. The molecule has 0 fully saturated rings. The van der Waals surface area contributed by atoms with E-state index in [1.54, 1.807) is 57.2 Å². The third kappa shape index (κ3) is 6.77. The van der Waals surface area contributed by atoms with Gasteiger partial charge in [0.2, 0.25) is 5.91 Å². The molecule has 0 aliphatic carbocycles. The molecule has 0 atom stereocenters. The summed E-state index contributed by atoms with van der Waals surface area (Å²) in [6, 6.07) is 12.4. The Labute approximate surface area is 156 Å². The van der Waals surface area contributed by atoms with E-state index in [1.807, 2.05) is 0 Å². The number of hydrogen-bond acceptors (Lipinski definition) is 5. The van der Waals surface area contributed by atoms with Crippen LogP contribution in [0.2, 0.25) is 0 Å². The summed E-state index contributed by atoms with van der Waals surface area (Å²) in [5.74, 6) is -0.253. The highest BCUT2D eigenvalue weighted by atomic mass is 16.6. The molecule has 0 aliphatic heterocycles. The molecule has 0 spiro atoms. The van der Waals surface area contributed by atoms with Crippen LogP contribution in [0.25, 0.3) is 0 Å². The molecular formula is C19H21N3O5. The highest BCUT2D eigenvalue weighted by Crippen LogP contribution is 2.17. The molecule has 0 bridgehead atoms. The van der Waals surface area contributed by atoms with Gasteiger partial charge in [-0.25, -0.2) is 4.79 Å². The smallest absolute Gasteiger partial charge is 0.412 e. The van der Waals surface area contributed by atoms with Gasteiger partial charge < -0.3 is 10.1 Å². The molecule has 2 N–H and O–H groups in total. The zero-order chi connectivity index (χ0) is 20.0. The SMILES string of the molecule is CC(C)(C)OC(=O)Nc1ccc(NC(=O)Cc2ccc([N+](=O)[O-])cc2)cc1. The Balaban J connectivity index is 1.89. The van der Waals surface area contributed by atoms with Gasteiger partial charge in [0, 0.05) is 23.5 Å². The topological polar surface area (TPSA) is 111 Å². The molecule has 142 valence electrons. The van der Waals surface area contributed by atoms with Gasteiger partial charge >= 0.3 is 6.09 Å². The summed E-state index contributed by atoms with van der Waals surface area (Å²) in [5.41, 5.74) is 1.17. The maximum absolute atomic E-state index is 12.1. The first-order chi connectivity index (χ1) is 12.6.